The van der Waals surface area contributed by atoms with Gasteiger partial charge in [-0.15, -0.1) is 0 Å². The molecule has 2 heteroatoms. The summed E-state index contributed by atoms with van der Waals surface area (Å²) in [5.41, 5.74) is 10.0. The van der Waals surface area contributed by atoms with E-state index in [1.807, 2.05) is 6.07 Å². The van der Waals surface area contributed by atoms with Crippen LogP contribution in [-0.2, 0) is 6.42 Å². The van der Waals surface area contributed by atoms with Crippen molar-refractivity contribution in [1.29, 1.82) is 0 Å². The summed E-state index contributed by atoms with van der Waals surface area (Å²) in [6.45, 7) is 2.09. The van der Waals surface area contributed by atoms with Crippen LogP contribution in [0.15, 0.2) is 53.0 Å². The third-order valence-corrected chi connectivity index (χ3v) is 4.07. The minimum absolute atomic E-state index is 0.0992. The van der Waals surface area contributed by atoms with Gasteiger partial charge in [-0.25, -0.2) is 0 Å². The molecule has 1 unspecified atom stereocenters. The number of halogens is 1. The van der Waals surface area contributed by atoms with Crippen molar-refractivity contribution < 1.29 is 0 Å². The fourth-order valence-electron chi connectivity index (χ4n) is 1.97. The van der Waals surface area contributed by atoms with Crippen molar-refractivity contribution in [3.8, 4) is 0 Å². The highest BCUT2D eigenvalue weighted by molar-refractivity contribution is 9.10. The Morgan fingerprint density at radius 2 is 1.83 bits per heavy atom. The molecule has 2 rings (SSSR count). The van der Waals surface area contributed by atoms with Crippen LogP contribution < -0.4 is 5.73 Å². The molecular weight excluding hydrogens is 286 g/mol. The molecule has 94 valence electrons. The monoisotopic (exact) mass is 303 g/mol. The Bertz CT molecular complexity index is 508. The van der Waals surface area contributed by atoms with Crippen LogP contribution in [0.2, 0.25) is 0 Å². The Labute approximate surface area is 117 Å². The van der Waals surface area contributed by atoms with E-state index in [0.717, 1.165) is 17.3 Å². The molecule has 1 nitrogen and oxygen atoms in total. The van der Waals surface area contributed by atoms with Gasteiger partial charge in [0.15, 0.2) is 0 Å². The lowest BCUT2D eigenvalue weighted by Gasteiger charge is -2.13. The summed E-state index contributed by atoms with van der Waals surface area (Å²) in [6, 6.07) is 17.0. The Morgan fingerprint density at radius 3 is 2.50 bits per heavy atom. The van der Waals surface area contributed by atoms with Gasteiger partial charge in [0, 0.05) is 10.5 Å². The standard InChI is InChI=1S/C16H18BrN/c1-12-7-9-14(11-15(12)17)16(18)10-8-13-5-3-2-4-6-13/h2-7,9,11,16H,8,10,18H2,1H3. The van der Waals surface area contributed by atoms with E-state index in [0.29, 0.717) is 0 Å². The van der Waals surface area contributed by atoms with Crippen LogP contribution in [0.4, 0.5) is 0 Å². The maximum Gasteiger partial charge on any atom is 0.0298 e. The predicted octanol–water partition coefficient (Wildman–Crippen LogP) is 4.39. The normalized spacial score (nSPS) is 12.4. The molecule has 0 fully saturated rings. The van der Waals surface area contributed by atoms with E-state index in [1.165, 1.54) is 16.7 Å². The Morgan fingerprint density at radius 1 is 1.11 bits per heavy atom. The van der Waals surface area contributed by atoms with Gasteiger partial charge in [0.2, 0.25) is 0 Å². The van der Waals surface area contributed by atoms with Crippen molar-refractivity contribution >= 4 is 15.9 Å². The molecule has 0 aromatic heterocycles. The van der Waals surface area contributed by atoms with E-state index < -0.39 is 0 Å². The lowest BCUT2D eigenvalue weighted by Crippen LogP contribution is -2.11. The fourth-order valence-corrected chi connectivity index (χ4v) is 2.37. The van der Waals surface area contributed by atoms with Gasteiger partial charge < -0.3 is 5.73 Å². The molecule has 2 aromatic rings. The first-order chi connectivity index (χ1) is 8.66. The van der Waals surface area contributed by atoms with Crippen molar-refractivity contribution in [2.24, 2.45) is 5.73 Å². The van der Waals surface area contributed by atoms with Gasteiger partial charge in [-0.3, -0.25) is 0 Å². The maximum absolute atomic E-state index is 6.24. The average Bonchev–Trinajstić information content (AvgIpc) is 2.40. The first-order valence-electron chi connectivity index (χ1n) is 6.22. The number of rotatable bonds is 4. The maximum atomic E-state index is 6.24. The summed E-state index contributed by atoms with van der Waals surface area (Å²) in [5, 5.41) is 0. The first kappa shape index (κ1) is 13.3. The van der Waals surface area contributed by atoms with E-state index in [1.54, 1.807) is 0 Å². The number of hydrogen-bond acceptors (Lipinski definition) is 1. The van der Waals surface area contributed by atoms with Gasteiger partial charge in [-0.05, 0) is 42.5 Å². The fraction of sp³-hybridized carbons (Fsp3) is 0.250. The summed E-state index contributed by atoms with van der Waals surface area (Å²) in [5.74, 6) is 0. The zero-order chi connectivity index (χ0) is 13.0. The predicted molar refractivity (Wildman–Crippen MR) is 80.6 cm³/mol. The van der Waals surface area contributed by atoms with Gasteiger partial charge in [0.1, 0.15) is 0 Å². The van der Waals surface area contributed by atoms with Crippen LogP contribution in [-0.4, -0.2) is 0 Å². The van der Waals surface area contributed by atoms with Crippen molar-refractivity contribution in [3.05, 3.63) is 69.7 Å². The molecule has 0 spiro atoms. The Hall–Kier alpha value is -1.12. The van der Waals surface area contributed by atoms with E-state index in [2.05, 4.69) is 65.3 Å². The number of nitrogens with two attached hydrogens (primary N) is 1. The SMILES string of the molecule is Cc1ccc(C(N)CCc2ccccc2)cc1Br. The molecule has 0 radical (unpaired) electrons. The molecule has 0 saturated carbocycles. The largest absolute Gasteiger partial charge is 0.324 e. The quantitative estimate of drug-likeness (QED) is 0.890. The second-order valence-electron chi connectivity index (χ2n) is 4.64. The first-order valence-corrected chi connectivity index (χ1v) is 7.01. The molecule has 0 aliphatic rings. The summed E-state index contributed by atoms with van der Waals surface area (Å²) in [4.78, 5) is 0. The molecule has 0 aliphatic carbocycles. The number of hydrogen-bond donors (Lipinski definition) is 1. The molecule has 0 bridgehead atoms. The van der Waals surface area contributed by atoms with Crippen LogP contribution in [0, 0.1) is 6.92 Å². The van der Waals surface area contributed by atoms with Crippen LogP contribution in [0.25, 0.3) is 0 Å². The lowest BCUT2D eigenvalue weighted by atomic mass is 9.99. The van der Waals surface area contributed by atoms with Crippen LogP contribution >= 0.6 is 15.9 Å². The topological polar surface area (TPSA) is 26.0 Å². The van der Waals surface area contributed by atoms with Crippen molar-refractivity contribution in [1.82, 2.24) is 0 Å². The summed E-state index contributed by atoms with van der Waals surface area (Å²) in [6.07, 6.45) is 1.99. The van der Waals surface area contributed by atoms with Gasteiger partial charge in [0.05, 0.1) is 0 Å². The third kappa shape index (κ3) is 3.44. The number of aryl methyl sites for hydroxylation is 2. The average molecular weight is 304 g/mol. The van der Waals surface area contributed by atoms with E-state index >= 15 is 0 Å². The molecule has 0 amide bonds. The zero-order valence-electron chi connectivity index (χ0n) is 10.6. The highest BCUT2D eigenvalue weighted by Crippen LogP contribution is 2.23. The lowest BCUT2D eigenvalue weighted by molar-refractivity contribution is 0.651. The van der Waals surface area contributed by atoms with Crippen LogP contribution in [0.5, 0.6) is 0 Å². The second-order valence-corrected chi connectivity index (χ2v) is 5.49. The summed E-state index contributed by atoms with van der Waals surface area (Å²) >= 11 is 3.55. The van der Waals surface area contributed by atoms with Crippen LogP contribution in [0.1, 0.15) is 29.2 Å². The smallest absolute Gasteiger partial charge is 0.0298 e. The third-order valence-electron chi connectivity index (χ3n) is 3.21. The van der Waals surface area contributed by atoms with Crippen molar-refractivity contribution in [2.75, 3.05) is 0 Å². The molecule has 0 saturated heterocycles. The van der Waals surface area contributed by atoms with Gasteiger partial charge in [-0.1, -0.05) is 58.4 Å². The molecule has 0 heterocycles. The van der Waals surface area contributed by atoms with E-state index in [-0.39, 0.29) is 6.04 Å². The molecule has 18 heavy (non-hydrogen) atoms. The van der Waals surface area contributed by atoms with E-state index in [4.69, 9.17) is 5.73 Å². The minimum Gasteiger partial charge on any atom is -0.324 e. The van der Waals surface area contributed by atoms with Crippen molar-refractivity contribution in [3.63, 3.8) is 0 Å². The highest BCUT2D eigenvalue weighted by Gasteiger charge is 2.07. The van der Waals surface area contributed by atoms with Crippen LogP contribution in [0.3, 0.4) is 0 Å². The highest BCUT2D eigenvalue weighted by atomic mass is 79.9. The van der Waals surface area contributed by atoms with Gasteiger partial charge in [-0.2, -0.15) is 0 Å². The molecule has 0 aliphatic heterocycles. The minimum atomic E-state index is 0.0992. The molecule has 2 aromatic carbocycles. The van der Waals surface area contributed by atoms with Gasteiger partial charge in [0.25, 0.3) is 0 Å². The summed E-state index contributed by atoms with van der Waals surface area (Å²) in [7, 11) is 0. The summed E-state index contributed by atoms with van der Waals surface area (Å²) < 4.78 is 1.13. The number of benzene rings is 2. The molecular formula is C16H18BrN. The Kier molecular flexibility index (Phi) is 4.56. The van der Waals surface area contributed by atoms with E-state index in [9.17, 15) is 0 Å². The molecule has 2 N–H and O–H groups in total. The Balaban J connectivity index is 1.99. The van der Waals surface area contributed by atoms with Gasteiger partial charge >= 0.3 is 0 Å². The second kappa shape index (κ2) is 6.17. The zero-order valence-corrected chi connectivity index (χ0v) is 12.2. The van der Waals surface area contributed by atoms with Crippen molar-refractivity contribution in [2.45, 2.75) is 25.8 Å². The molecule has 1 atom stereocenters.